The highest BCUT2D eigenvalue weighted by Crippen LogP contribution is 2.23. The minimum absolute atomic E-state index is 0.00866. The number of aliphatic imine (C=N–C) groups is 1. The normalized spacial score (nSPS) is 18.1. The number of aryl methyl sites for hydroxylation is 2. The number of carbonyl (C=O) groups is 3. The fourth-order valence-electron chi connectivity index (χ4n) is 7.79. The number of guanidine groups is 1. The Morgan fingerprint density at radius 1 is 0.743 bits per heavy atom. The summed E-state index contributed by atoms with van der Waals surface area (Å²) in [7, 11) is 0. The summed E-state index contributed by atoms with van der Waals surface area (Å²) in [6, 6.07) is 14.8. The number of aromatic nitrogens is 2. The maximum atomic E-state index is 13.4. The zero-order chi connectivity index (χ0) is 51.7. The molecule has 0 spiro atoms. The second-order valence-corrected chi connectivity index (χ2v) is 17.5. The van der Waals surface area contributed by atoms with Crippen molar-refractivity contribution in [1.82, 2.24) is 30.0 Å². The molecule has 2 amide bonds. The Morgan fingerprint density at radius 3 is 1.80 bits per heavy atom. The van der Waals surface area contributed by atoms with Gasteiger partial charge in [-0.05, 0) is 67.4 Å². The number of unbranched alkanes of at least 4 members (excludes halogenated alkanes) is 1. The van der Waals surface area contributed by atoms with Gasteiger partial charge in [-0.2, -0.15) is 0 Å². The highest BCUT2D eigenvalue weighted by atomic mass is 35.5. The van der Waals surface area contributed by atoms with E-state index in [2.05, 4.69) is 20.3 Å². The van der Waals surface area contributed by atoms with Crippen LogP contribution in [0.4, 0.5) is 11.6 Å². The molecule has 1 aromatic heterocycles. The number of carbonyl (C=O) groups excluding carboxylic acids is 2. The van der Waals surface area contributed by atoms with Crippen LogP contribution in [-0.4, -0.2) is 225 Å². The monoisotopic (exact) mass is 1010 g/mol. The first-order valence-corrected chi connectivity index (χ1v) is 23.1. The molecule has 9 atom stereocenters. The molecule has 18 N–H and O–H groups in total. The van der Waals surface area contributed by atoms with Crippen LogP contribution in [0.1, 0.15) is 47.3 Å². The largest absolute Gasteiger partial charge is 0.480 e. The SMILES string of the molecule is NC(=NCCCCc1ccc(-c2ccc(CCC(=O)N3CCN(CCCN(CC(O)C(O)C(O)C(O)CO)CC(O)C(O)C(O)C(O)CO)C[C@@H]3C(=O)O)cc2)cc1)NC(=O)c1nc(Cl)c(N)nc1N. The first-order valence-electron chi connectivity index (χ1n) is 22.8. The summed E-state index contributed by atoms with van der Waals surface area (Å²) in [5.41, 5.74) is 20.9. The van der Waals surface area contributed by atoms with Gasteiger partial charge in [0.2, 0.25) is 5.91 Å². The van der Waals surface area contributed by atoms with Crippen LogP contribution in [0.25, 0.3) is 11.1 Å². The molecule has 1 saturated heterocycles. The molecule has 388 valence electrons. The number of aliphatic hydroxyl groups is 10. The van der Waals surface area contributed by atoms with Crippen LogP contribution in [0.15, 0.2) is 53.5 Å². The molecule has 2 heterocycles. The number of aliphatic carboxylic acids is 1. The van der Waals surface area contributed by atoms with E-state index >= 15 is 0 Å². The van der Waals surface area contributed by atoms with E-state index in [4.69, 9.17) is 39.0 Å². The molecule has 2 aromatic carbocycles. The van der Waals surface area contributed by atoms with Crippen molar-refractivity contribution in [2.24, 2.45) is 10.7 Å². The van der Waals surface area contributed by atoms with E-state index in [1.165, 1.54) is 9.80 Å². The number of rotatable bonds is 27. The Hall–Kier alpha value is -5.19. The average molecular weight is 1010 g/mol. The van der Waals surface area contributed by atoms with Crippen LogP contribution < -0.4 is 22.5 Å². The van der Waals surface area contributed by atoms with Crippen molar-refractivity contribution >= 4 is 47.0 Å². The number of nitrogens with two attached hydrogens (primary N) is 3. The Morgan fingerprint density at radius 2 is 1.27 bits per heavy atom. The molecular weight excluding hydrogens is 940 g/mol. The number of anilines is 2. The van der Waals surface area contributed by atoms with Crippen molar-refractivity contribution in [3.8, 4) is 11.1 Å². The number of nitrogens with one attached hydrogen (secondary N) is 1. The maximum absolute atomic E-state index is 13.4. The molecule has 1 fully saturated rings. The number of hydrogen-bond donors (Lipinski definition) is 15. The Labute approximate surface area is 409 Å². The van der Waals surface area contributed by atoms with Gasteiger partial charge in [-0.3, -0.25) is 29.7 Å². The summed E-state index contributed by atoms with van der Waals surface area (Å²) >= 11 is 5.84. The second kappa shape index (κ2) is 28.0. The Kier molecular flexibility index (Phi) is 23.0. The van der Waals surface area contributed by atoms with Gasteiger partial charge in [-0.15, -0.1) is 0 Å². The van der Waals surface area contributed by atoms with E-state index in [1.54, 1.807) is 0 Å². The van der Waals surface area contributed by atoms with Crippen molar-refractivity contribution in [2.75, 3.05) is 77.0 Å². The zero-order valence-electron chi connectivity index (χ0n) is 38.6. The summed E-state index contributed by atoms with van der Waals surface area (Å²) in [5, 5.41) is 112. The smallest absolute Gasteiger partial charge is 0.327 e. The minimum Gasteiger partial charge on any atom is -0.480 e. The van der Waals surface area contributed by atoms with E-state index in [-0.39, 0.29) is 66.8 Å². The lowest BCUT2D eigenvalue weighted by atomic mass is 9.99. The molecule has 0 aliphatic carbocycles. The molecule has 0 radical (unpaired) electrons. The number of amides is 2. The standard InChI is InChI=1S/C45H67ClN10O14/c46-40-42(48)52-41(47)35(51-40)43(68)53-45(49)50-15-2-1-4-25-5-10-27(11-6-25)28-12-7-26(8-13-28)9-14-34(63)56-19-18-54(20-29(56)44(69)70)16-3-17-55(21-30(59)36(64)38(66)32(61)23-57)22-31(60)37(65)39(67)33(62)24-58/h5-8,10-13,29-33,36-39,57-62,64-67H,1-4,9,14-24H2,(H,69,70)(H4,47,48,52)(H3,49,50,53,68)/t29-,30?,31?,32?,33?,36?,37?,38?,39?/m1/s1. The van der Waals surface area contributed by atoms with Crippen molar-refractivity contribution < 1.29 is 70.6 Å². The molecule has 8 unspecified atom stereocenters. The van der Waals surface area contributed by atoms with Crippen LogP contribution >= 0.6 is 11.6 Å². The first-order chi connectivity index (χ1) is 33.2. The van der Waals surface area contributed by atoms with E-state index < -0.39 is 93.1 Å². The number of hydrogen-bond acceptors (Lipinski definition) is 20. The van der Waals surface area contributed by atoms with Gasteiger partial charge in [-0.1, -0.05) is 60.1 Å². The number of carboxylic acids is 1. The molecule has 24 nitrogen and oxygen atoms in total. The van der Waals surface area contributed by atoms with E-state index in [9.17, 15) is 60.3 Å². The number of nitrogens with zero attached hydrogens (tertiary/aromatic N) is 6. The van der Waals surface area contributed by atoms with Crippen LogP contribution in [0, 0.1) is 0 Å². The van der Waals surface area contributed by atoms with Gasteiger partial charge < -0.3 is 78.3 Å². The molecule has 70 heavy (non-hydrogen) atoms. The summed E-state index contributed by atoms with van der Waals surface area (Å²) in [6.45, 7) is -1.46. The molecule has 1 aliphatic rings. The molecule has 3 aromatic rings. The highest BCUT2D eigenvalue weighted by molar-refractivity contribution is 6.31. The van der Waals surface area contributed by atoms with Crippen molar-refractivity contribution in [3.63, 3.8) is 0 Å². The van der Waals surface area contributed by atoms with Crippen molar-refractivity contribution in [2.45, 2.75) is 93.4 Å². The fraction of sp³-hybridized carbons (Fsp3) is 0.556. The highest BCUT2D eigenvalue weighted by Gasteiger charge is 2.37. The number of piperazine rings is 1. The van der Waals surface area contributed by atoms with Crippen LogP contribution in [0.3, 0.4) is 0 Å². The molecule has 25 heteroatoms. The zero-order valence-corrected chi connectivity index (χ0v) is 39.3. The minimum atomic E-state index is -1.93. The van der Waals surface area contributed by atoms with Crippen molar-refractivity contribution in [1.29, 1.82) is 0 Å². The predicted octanol–water partition coefficient (Wildman–Crippen LogP) is -3.88. The van der Waals surface area contributed by atoms with Gasteiger partial charge in [-0.25, -0.2) is 14.8 Å². The van der Waals surface area contributed by atoms with Crippen LogP contribution in [0.5, 0.6) is 0 Å². The number of nitrogen functional groups attached to an aromatic ring is 2. The average Bonchev–Trinajstić information content (AvgIpc) is 3.35. The number of halogens is 1. The molecule has 0 saturated carbocycles. The molecule has 4 rings (SSSR count). The molecule has 0 bridgehead atoms. The third kappa shape index (κ3) is 17.0. The quantitative estimate of drug-likeness (QED) is 0.0197. The second-order valence-electron chi connectivity index (χ2n) is 17.2. The van der Waals surface area contributed by atoms with E-state index in [0.717, 1.165) is 35.1 Å². The molecule has 1 aliphatic heterocycles. The van der Waals surface area contributed by atoms with Gasteiger partial charge >= 0.3 is 5.97 Å². The van der Waals surface area contributed by atoms with E-state index in [0.29, 0.717) is 32.5 Å². The summed E-state index contributed by atoms with van der Waals surface area (Å²) in [4.78, 5) is 54.6. The number of carboxylic acid groups (broad SMARTS) is 1. The lowest BCUT2D eigenvalue weighted by molar-refractivity contribution is -0.153. The predicted molar refractivity (Wildman–Crippen MR) is 256 cm³/mol. The summed E-state index contributed by atoms with van der Waals surface area (Å²) < 4.78 is 0. The fourth-order valence-corrected chi connectivity index (χ4v) is 7.91. The van der Waals surface area contributed by atoms with Gasteiger partial charge in [0.1, 0.15) is 42.7 Å². The lowest BCUT2D eigenvalue weighted by Crippen LogP contribution is -2.58. The third-order valence-corrected chi connectivity index (χ3v) is 12.2. The maximum Gasteiger partial charge on any atom is 0.327 e. The van der Waals surface area contributed by atoms with Gasteiger partial charge in [0, 0.05) is 45.7 Å². The molecular formula is C45H67ClN10O14. The van der Waals surface area contributed by atoms with E-state index in [1.807, 2.05) is 53.4 Å². The van der Waals surface area contributed by atoms with Gasteiger partial charge in [0.25, 0.3) is 5.91 Å². The van der Waals surface area contributed by atoms with Crippen LogP contribution in [0.2, 0.25) is 5.15 Å². The number of aliphatic hydroxyl groups excluding tert-OH is 10. The first kappa shape index (κ1) is 57.4. The lowest BCUT2D eigenvalue weighted by Gasteiger charge is -2.40. The summed E-state index contributed by atoms with van der Waals surface area (Å²) in [6.07, 6.45) is -11.7. The Bertz CT molecular complexity index is 2130. The van der Waals surface area contributed by atoms with Crippen molar-refractivity contribution in [3.05, 3.63) is 70.5 Å². The third-order valence-electron chi connectivity index (χ3n) is 11.9. The Balaban J connectivity index is 1.23. The number of benzene rings is 2. The van der Waals surface area contributed by atoms with Gasteiger partial charge in [0.05, 0.1) is 25.4 Å². The topological polar surface area (TPSA) is 412 Å². The summed E-state index contributed by atoms with van der Waals surface area (Å²) in [5.74, 6) is -2.61. The van der Waals surface area contributed by atoms with Crippen LogP contribution in [-0.2, 0) is 22.4 Å². The van der Waals surface area contributed by atoms with Gasteiger partial charge in [0.15, 0.2) is 28.4 Å².